The van der Waals surface area contributed by atoms with Gasteiger partial charge in [-0.3, -0.25) is 9.59 Å². The van der Waals surface area contributed by atoms with Gasteiger partial charge in [0.1, 0.15) is 0 Å². The average molecular weight is 279 g/mol. The second kappa shape index (κ2) is 6.85. The topological polar surface area (TPSA) is 37.4 Å². The summed E-state index contributed by atoms with van der Waals surface area (Å²) in [7, 11) is 0. The van der Waals surface area contributed by atoms with Crippen molar-refractivity contribution in [3.8, 4) is 0 Å². The first-order valence-corrected chi connectivity index (χ1v) is 7.92. The fourth-order valence-corrected chi connectivity index (χ4v) is 3.23. The molecule has 1 saturated heterocycles. The van der Waals surface area contributed by atoms with Gasteiger partial charge in [-0.05, 0) is 31.4 Å². The molecule has 1 amide bonds. The predicted molar refractivity (Wildman–Crippen MR) is 77.7 cm³/mol. The zero-order valence-corrected chi connectivity index (χ0v) is 12.3. The van der Waals surface area contributed by atoms with Gasteiger partial charge >= 0.3 is 0 Å². The lowest BCUT2D eigenvalue weighted by atomic mass is 10.1. The largest absolute Gasteiger partial charge is 0.335 e. The maximum atomic E-state index is 12.2. The third kappa shape index (κ3) is 3.90. The van der Waals surface area contributed by atoms with Gasteiger partial charge in [-0.25, -0.2) is 0 Å². The van der Waals surface area contributed by atoms with E-state index in [1.165, 1.54) is 4.88 Å². The van der Waals surface area contributed by atoms with Crippen molar-refractivity contribution in [1.82, 2.24) is 4.90 Å². The van der Waals surface area contributed by atoms with Gasteiger partial charge in [0.25, 0.3) is 0 Å². The van der Waals surface area contributed by atoms with Gasteiger partial charge in [-0.2, -0.15) is 0 Å². The van der Waals surface area contributed by atoms with Gasteiger partial charge in [0.2, 0.25) is 5.91 Å². The summed E-state index contributed by atoms with van der Waals surface area (Å²) >= 11 is 1.55. The first-order valence-electron chi connectivity index (χ1n) is 7.10. The monoisotopic (exact) mass is 279 g/mol. The van der Waals surface area contributed by atoms with E-state index in [0.717, 1.165) is 43.5 Å². The molecule has 1 aromatic rings. The number of Topliss-reactive ketones (excluding diaryl/α,β-unsaturated/α-hetero) is 1. The van der Waals surface area contributed by atoms with E-state index in [-0.39, 0.29) is 18.2 Å². The van der Waals surface area contributed by atoms with Crippen LogP contribution in [0.25, 0.3) is 0 Å². The molecule has 4 heteroatoms. The number of nitrogens with zero attached hydrogens (tertiary/aromatic N) is 1. The number of carbonyl (C=O) groups excluding carboxylic acids is 2. The number of carbonyl (C=O) groups is 2. The fourth-order valence-electron chi connectivity index (χ4n) is 2.35. The molecule has 0 aromatic carbocycles. The minimum absolute atomic E-state index is 0.0821. The van der Waals surface area contributed by atoms with Crippen LogP contribution < -0.4 is 0 Å². The molecule has 0 aliphatic carbocycles. The van der Waals surface area contributed by atoms with Crippen molar-refractivity contribution in [1.29, 1.82) is 0 Å². The van der Waals surface area contributed by atoms with Gasteiger partial charge in [0.15, 0.2) is 5.78 Å². The number of hydrogen-bond donors (Lipinski definition) is 0. The Kier molecular flexibility index (Phi) is 5.14. The quantitative estimate of drug-likeness (QED) is 0.793. The highest BCUT2D eigenvalue weighted by atomic mass is 32.1. The van der Waals surface area contributed by atoms with E-state index in [4.69, 9.17) is 0 Å². The molecule has 2 heterocycles. The van der Waals surface area contributed by atoms with Crippen LogP contribution in [0.5, 0.6) is 0 Å². The SMILES string of the molecule is CCc1ccc(C(=O)CN2CCCCCCC2=O)s1. The summed E-state index contributed by atoms with van der Waals surface area (Å²) in [5.74, 6) is 0.221. The molecule has 2 rings (SSSR count). The van der Waals surface area contributed by atoms with Gasteiger partial charge in [0.05, 0.1) is 11.4 Å². The van der Waals surface area contributed by atoms with E-state index in [2.05, 4.69) is 6.92 Å². The van der Waals surface area contributed by atoms with Gasteiger partial charge in [-0.1, -0.05) is 19.8 Å². The molecule has 3 nitrogen and oxygen atoms in total. The van der Waals surface area contributed by atoms with E-state index in [1.54, 1.807) is 16.2 Å². The standard InChI is InChI=1S/C15H21NO2S/c1-2-12-8-9-14(19-12)13(17)11-16-10-6-4-3-5-7-15(16)18/h8-9H,2-7,10-11H2,1H3. The highest BCUT2D eigenvalue weighted by Crippen LogP contribution is 2.19. The summed E-state index contributed by atoms with van der Waals surface area (Å²) in [5, 5.41) is 0. The molecule has 0 spiro atoms. The number of likely N-dealkylation sites (tertiary alicyclic amines) is 1. The Morgan fingerprint density at radius 3 is 2.79 bits per heavy atom. The molecule has 19 heavy (non-hydrogen) atoms. The molecule has 1 aromatic heterocycles. The molecule has 0 unspecified atom stereocenters. The van der Waals surface area contributed by atoms with Crippen LogP contribution in [-0.4, -0.2) is 29.7 Å². The maximum absolute atomic E-state index is 12.2. The molecule has 0 bridgehead atoms. The fraction of sp³-hybridized carbons (Fsp3) is 0.600. The van der Waals surface area contributed by atoms with E-state index >= 15 is 0 Å². The molecule has 104 valence electrons. The summed E-state index contributed by atoms with van der Waals surface area (Å²) in [6.45, 7) is 3.07. The Bertz CT molecular complexity index is 453. The van der Waals surface area contributed by atoms with Crippen molar-refractivity contribution in [3.63, 3.8) is 0 Å². The minimum atomic E-state index is 0.0821. The molecule has 1 aliphatic rings. The number of hydrogen-bond acceptors (Lipinski definition) is 3. The van der Waals surface area contributed by atoms with Crippen molar-refractivity contribution >= 4 is 23.0 Å². The number of rotatable bonds is 4. The van der Waals surface area contributed by atoms with Crippen LogP contribution in [0, 0.1) is 0 Å². The van der Waals surface area contributed by atoms with Crippen molar-refractivity contribution in [2.24, 2.45) is 0 Å². The lowest BCUT2D eigenvalue weighted by Gasteiger charge is -2.23. The second-order valence-corrected chi connectivity index (χ2v) is 6.19. The van der Waals surface area contributed by atoms with Crippen LogP contribution in [0.2, 0.25) is 0 Å². The normalized spacial score (nSPS) is 17.1. The molecular formula is C15H21NO2S. The Morgan fingerprint density at radius 2 is 2.05 bits per heavy atom. The Morgan fingerprint density at radius 1 is 1.26 bits per heavy atom. The lowest BCUT2D eigenvalue weighted by molar-refractivity contribution is -0.131. The van der Waals surface area contributed by atoms with Crippen LogP contribution in [0.4, 0.5) is 0 Å². The zero-order chi connectivity index (χ0) is 13.7. The first kappa shape index (κ1) is 14.3. The average Bonchev–Trinajstić information content (AvgIpc) is 2.87. The number of ketones is 1. The lowest BCUT2D eigenvalue weighted by Crippen LogP contribution is -2.37. The number of aryl methyl sites for hydroxylation is 1. The summed E-state index contributed by atoms with van der Waals surface area (Å²) in [5.41, 5.74) is 0. The number of amides is 1. The smallest absolute Gasteiger partial charge is 0.222 e. The second-order valence-electron chi connectivity index (χ2n) is 5.02. The summed E-state index contributed by atoms with van der Waals surface area (Å²) < 4.78 is 0. The third-order valence-corrected chi connectivity index (χ3v) is 4.81. The van der Waals surface area contributed by atoms with Crippen molar-refractivity contribution in [2.45, 2.75) is 45.4 Å². The molecule has 0 atom stereocenters. The predicted octanol–water partition coefficient (Wildman–Crippen LogP) is 3.29. The highest BCUT2D eigenvalue weighted by Gasteiger charge is 2.19. The van der Waals surface area contributed by atoms with Crippen molar-refractivity contribution in [2.75, 3.05) is 13.1 Å². The third-order valence-electron chi connectivity index (χ3n) is 3.54. The number of thiophene rings is 1. The summed E-state index contributed by atoms with van der Waals surface area (Å²) in [4.78, 5) is 27.9. The van der Waals surface area contributed by atoms with Crippen molar-refractivity contribution < 1.29 is 9.59 Å². The summed E-state index contributed by atoms with van der Waals surface area (Å²) in [6, 6.07) is 3.90. The molecule has 1 fully saturated rings. The minimum Gasteiger partial charge on any atom is -0.335 e. The summed E-state index contributed by atoms with van der Waals surface area (Å²) in [6.07, 6.45) is 5.83. The zero-order valence-electron chi connectivity index (χ0n) is 11.5. The molecule has 0 N–H and O–H groups in total. The van der Waals surface area contributed by atoms with Gasteiger partial charge in [0, 0.05) is 17.8 Å². The Hall–Kier alpha value is -1.16. The molecule has 0 saturated carbocycles. The van der Waals surface area contributed by atoms with Gasteiger partial charge < -0.3 is 4.90 Å². The van der Waals surface area contributed by atoms with Crippen LogP contribution >= 0.6 is 11.3 Å². The van der Waals surface area contributed by atoms with Crippen molar-refractivity contribution in [3.05, 3.63) is 21.9 Å². The Balaban J connectivity index is 1.97. The molecule has 0 radical (unpaired) electrons. The maximum Gasteiger partial charge on any atom is 0.222 e. The van der Waals surface area contributed by atoms with Crippen LogP contribution in [0.3, 0.4) is 0 Å². The van der Waals surface area contributed by atoms with Crippen LogP contribution in [0.1, 0.15) is 53.6 Å². The van der Waals surface area contributed by atoms with E-state index < -0.39 is 0 Å². The van der Waals surface area contributed by atoms with E-state index in [1.807, 2.05) is 12.1 Å². The van der Waals surface area contributed by atoms with E-state index in [0.29, 0.717) is 6.42 Å². The Labute approximate surface area is 118 Å². The van der Waals surface area contributed by atoms with Crippen LogP contribution in [0.15, 0.2) is 12.1 Å². The molecule has 1 aliphatic heterocycles. The van der Waals surface area contributed by atoms with E-state index in [9.17, 15) is 9.59 Å². The van der Waals surface area contributed by atoms with Crippen LogP contribution in [-0.2, 0) is 11.2 Å². The van der Waals surface area contributed by atoms with Gasteiger partial charge in [-0.15, -0.1) is 11.3 Å². The highest BCUT2D eigenvalue weighted by molar-refractivity contribution is 7.14. The molecular weight excluding hydrogens is 258 g/mol. The first-order chi connectivity index (χ1) is 9.20.